The predicted molar refractivity (Wildman–Crippen MR) is 84.3 cm³/mol. The SMILES string of the molecule is COc1ccc(C)cc1CNCC1(C)CCN(C)CC1. The van der Waals surface area contributed by atoms with E-state index in [9.17, 15) is 0 Å². The molecule has 1 aromatic carbocycles. The van der Waals surface area contributed by atoms with Gasteiger partial charge in [0.15, 0.2) is 0 Å². The summed E-state index contributed by atoms with van der Waals surface area (Å²) in [5, 5.41) is 3.63. The molecule has 0 radical (unpaired) electrons. The van der Waals surface area contributed by atoms with E-state index in [1.165, 1.54) is 37.1 Å². The molecule has 112 valence electrons. The molecule has 0 atom stereocenters. The third-order valence-electron chi connectivity index (χ3n) is 4.50. The molecular weight excluding hydrogens is 248 g/mol. The summed E-state index contributed by atoms with van der Waals surface area (Å²) in [7, 11) is 3.96. The van der Waals surface area contributed by atoms with Crippen LogP contribution >= 0.6 is 0 Å². The highest BCUT2D eigenvalue weighted by molar-refractivity contribution is 5.36. The molecule has 0 amide bonds. The van der Waals surface area contributed by atoms with Crippen molar-refractivity contribution in [1.29, 1.82) is 0 Å². The smallest absolute Gasteiger partial charge is 0.123 e. The number of likely N-dealkylation sites (tertiary alicyclic amines) is 1. The number of piperidine rings is 1. The van der Waals surface area contributed by atoms with E-state index in [-0.39, 0.29) is 0 Å². The van der Waals surface area contributed by atoms with Gasteiger partial charge in [0, 0.05) is 18.7 Å². The molecule has 0 saturated carbocycles. The molecule has 1 fully saturated rings. The summed E-state index contributed by atoms with van der Waals surface area (Å²) in [5.74, 6) is 0.983. The maximum absolute atomic E-state index is 5.44. The van der Waals surface area contributed by atoms with Crippen molar-refractivity contribution >= 4 is 0 Å². The van der Waals surface area contributed by atoms with E-state index in [1.54, 1.807) is 7.11 Å². The highest BCUT2D eigenvalue weighted by atomic mass is 16.5. The molecule has 3 heteroatoms. The molecule has 0 unspecified atom stereocenters. The standard InChI is InChI=1S/C17H28N2O/c1-14-5-6-16(20-4)15(11-14)12-18-13-17(2)7-9-19(3)10-8-17/h5-6,11,18H,7-10,12-13H2,1-4H3. The summed E-state index contributed by atoms with van der Waals surface area (Å²) in [5.41, 5.74) is 2.97. The Bertz CT molecular complexity index is 437. The highest BCUT2D eigenvalue weighted by Crippen LogP contribution is 2.29. The Hall–Kier alpha value is -1.06. The van der Waals surface area contributed by atoms with Gasteiger partial charge in [-0.1, -0.05) is 24.6 Å². The molecule has 0 aromatic heterocycles. The molecule has 1 saturated heterocycles. The van der Waals surface area contributed by atoms with Crippen LogP contribution in [0.3, 0.4) is 0 Å². The van der Waals surface area contributed by atoms with Gasteiger partial charge in [-0.3, -0.25) is 0 Å². The predicted octanol–water partition coefficient (Wildman–Crippen LogP) is 2.83. The molecule has 1 N–H and O–H groups in total. The zero-order chi connectivity index (χ0) is 14.6. The Labute approximate surface area is 123 Å². The first-order chi connectivity index (χ1) is 9.52. The average Bonchev–Trinajstić information content (AvgIpc) is 2.43. The summed E-state index contributed by atoms with van der Waals surface area (Å²) in [6.07, 6.45) is 2.56. The van der Waals surface area contributed by atoms with Crippen LogP contribution in [0, 0.1) is 12.3 Å². The van der Waals surface area contributed by atoms with E-state index >= 15 is 0 Å². The maximum atomic E-state index is 5.44. The molecule has 20 heavy (non-hydrogen) atoms. The van der Waals surface area contributed by atoms with E-state index in [1.807, 2.05) is 0 Å². The van der Waals surface area contributed by atoms with E-state index < -0.39 is 0 Å². The minimum absolute atomic E-state index is 0.434. The second-order valence-electron chi connectivity index (χ2n) is 6.53. The molecule has 2 rings (SSSR count). The van der Waals surface area contributed by atoms with Crippen molar-refractivity contribution in [1.82, 2.24) is 10.2 Å². The van der Waals surface area contributed by atoms with Crippen molar-refractivity contribution < 1.29 is 4.74 Å². The number of rotatable bonds is 5. The Kier molecular flexibility index (Phi) is 5.06. The van der Waals surface area contributed by atoms with Crippen LogP contribution in [0.5, 0.6) is 5.75 Å². The van der Waals surface area contributed by atoms with E-state index in [4.69, 9.17) is 4.74 Å². The fraction of sp³-hybridized carbons (Fsp3) is 0.647. The van der Waals surface area contributed by atoms with Gasteiger partial charge in [0.1, 0.15) is 5.75 Å². The third-order valence-corrected chi connectivity index (χ3v) is 4.50. The molecule has 1 aliphatic rings. The molecule has 0 aliphatic carbocycles. The molecule has 1 aromatic rings. The van der Waals surface area contributed by atoms with Crippen molar-refractivity contribution in [3.05, 3.63) is 29.3 Å². The maximum Gasteiger partial charge on any atom is 0.123 e. The summed E-state index contributed by atoms with van der Waals surface area (Å²) in [4.78, 5) is 2.42. The quantitative estimate of drug-likeness (QED) is 0.895. The summed E-state index contributed by atoms with van der Waals surface area (Å²) in [6.45, 7) is 8.92. The van der Waals surface area contributed by atoms with Crippen LogP contribution in [-0.4, -0.2) is 38.7 Å². The van der Waals surface area contributed by atoms with Crippen LogP contribution in [0.4, 0.5) is 0 Å². The Morgan fingerprint density at radius 1 is 1.30 bits per heavy atom. The van der Waals surface area contributed by atoms with Crippen molar-refractivity contribution in [3.8, 4) is 5.75 Å². The number of ether oxygens (including phenoxy) is 1. The lowest BCUT2D eigenvalue weighted by atomic mass is 9.80. The van der Waals surface area contributed by atoms with E-state index in [0.29, 0.717) is 5.41 Å². The van der Waals surface area contributed by atoms with Gasteiger partial charge < -0.3 is 15.0 Å². The van der Waals surface area contributed by atoms with Crippen molar-refractivity contribution in [2.45, 2.75) is 33.2 Å². The number of nitrogens with one attached hydrogen (secondary N) is 1. The van der Waals surface area contributed by atoms with Crippen LogP contribution in [0.2, 0.25) is 0 Å². The van der Waals surface area contributed by atoms with Gasteiger partial charge in [-0.05, 0) is 51.4 Å². The minimum atomic E-state index is 0.434. The lowest BCUT2D eigenvalue weighted by Gasteiger charge is -2.38. The molecule has 0 bridgehead atoms. The Balaban J connectivity index is 1.88. The van der Waals surface area contributed by atoms with Gasteiger partial charge in [0.25, 0.3) is 0 Å². The van der Waals surface area contributed by atoms with Gasteiger partial charge in [-0.25, -0.2) is 0 Å². The van der Waals surface area contributed by atoms with Gasteiger partial charge in [-0.15, -0.1) is 0 Å². The van der Waals surface area contributed by atoms with Crippen LogP contribution < -0.4 is 10.1 Å². The number of hydrogen-bond acceptors (Lipinski definition) is 3. The van der Waals surface area contributed by atoms with E-state index in [0.717, 1.165) is 18.8 Å². The normalized spacial score (nSPS) is 19.0. The second kappa shape index (κ2) is 6.59. The van der Waals surface area contributed by atoms with Gasteiger partial charge in [-0.2, -0.15) is 0 Å². The van der Waals surface area contributed by atoms with Gasteiger partial charge >= 0.3 is 0 Å². The molecular formula is C17H28N2O. The summed E-state index contributed by atoms with van der Waals surface area (Å²) >= 11 is 0. The molecule has 1 aliphatic heterocycles. The van der Waals surface area contributed by atoms with Crippen molar-refractivity contribution in [3.63, 3.8) is 0 Å². The van der Waals surface area contributed by atoms with Crippen LogP contribution in [0.25, 0.3) is 0 Å². The number of aryl methyl sites for hydroxylation is 1. The number of benzene rings is 1. The molecule has 0 spiro atoms. The lowest BCUT2D eigenvalue weighted by Crippen LogP contribution is -2.41. The highest BCUT2D eigenvalue weighted by Gasteiger charge is 2.28. The molecule has 3 nitrogen and oxygen atoms in total. The summed E-state index contributed by atoms with van der Waals surface area (Å²) < 4.78 is 5.44. The number of methoxy groups -OCH3 is 1. The van der Waals surface area contributed by atoms with Gasteiger partial charge in [0.05, 0.1) is 7.11 Å². The molecule has 1 heterocycles. The zero-order valence-corrected chi connectivity index (χ0v) is 13.3. The van der Waals surface area contributed by atoms with Gasteiger partial charge in [0.2, 0.25) is 0 Å². The third kappa shape index (κ3) is 3.97. The number of nitrogens with zero attached hydrogens (tertiary/aromatic N) is 1. The fourth-order valence-electron chi connectivity index (χ4n) is 2.88. The van der Waals surface area contributed by atoms with Crippen LogP contribution in [0.15, 0.2) is 18.2 Å². The van der Waals surface area contributed by atoms with Crippen molar-refractivity contribution in [2.24, 2.45) is 5.41 Å². The van der Waals surface area contributed by atoms with Crippen LogP contribution in [-0.2, 0) is 6.54 Å². The Morgan fingerprint density at radius 2 is 2.00 bits per heavy atom. The zero-order valence-electron chi connectivity index (χ0n) is 13.3. The topological polar surface area (TPSA) is 24.5 Å². The monoisotopic (exact) mass is 276 g/mol. The minimum Gasteiger partial charge on any atom is -0.496 e. The first-order valence-corrected chi connectivity index (χ1v) is 7.55. The average molecular weight is 276 g/mol. The second-order valence-corrected chi connectivity index (χ2v) is 6.53. The van der Waals surface area contributed by atoms with Crippen molar-refractivity contribution in [2.75, 3.05) is 33.8 Å². The summed E-state index contributed by atoms with van der Waals surface area (Å²) in [6, 6.07) is 6.37. The van der Waals surface area contributed by atoms with E-state index in [2.05, 4.69) is 49.3 Å². The Morgan fingerprint density at radius 3 is 2.65 bits per heavy atom. The largest absolute Gasteiger partial charge is 0.496 e. The first kappa shape index (κ1) is 15.3. The van der Waals surface area contributed by atoms with Crippen LogP contribution in [0.1, 0.15) is 30.9 Å². The number of hydrogen-bond donors (Lipinski definition) is 1. The lowest BCUT2D eigenvalue weighted by molar-refractivity contribution is 0.136. The first-order valence-electron chi connectivity index (χ1n) is 7.55. The fourth-order valence-corrected chi connectivity index (χ4v) is 2.88.